The lowest BCUT2D eigenvalue weighted by Gasteiger charge is -2.15. The summed E-state index contributed by atoms with van der Waals surface area (Å²) in [5, 5.41) is 0. The van der Waals surface area contributed by atoms with Crippen LogP contribution in [0.5, 0.6) is 5.75 Å². The van der Waals surface area contributed by atoms with E-state index >= 15 is 0 Å². The van der Waals surface area contributed by atoms with E-state index in [2.05, 4.69) is 43.9 Å². The average Bonchev–Trinajstić information content (AvgIpc) is 2.98. The van der Waals surface area contributed by atoms with E-state index in [9.17, 15) is 0 Å². The van der Waals surface area contributed by atoms with Crippen molar-refractivity contribution in [1.82, 2.24) is 0 Å². The minimum atomic E-state index is 0.395. The summed E-state index contributed by atoms with van der Waals surface area (Å²) in [5.74, 6) is 7.41. The monoisotopic (exact) mass is 299 g/mol. The maximum atomic E-state index is 6.00. The van der Waals surface area contributed by atoms with Crippen LogP contribution >= 0.6 is 11.3 Å². The van der Waals surface area contributed by atoms with Gasteiger partial charge >= 0.3 is 0 Å². The third-order valence-corrected chi connectivity index (χ3v) is 4.38. The second-order valence-corrected chi connectivity index (χ2v) is 6.08. The molecule has 0 radical (unpaired) electrons. The van der Waals surface area contributed by atoms with E-state index in [1.165, 1.54) is 10.4 Å². The van der Waals surface area contributed by atoms with Crippen molar-refractivity contribution in [2.45, 2.75) is 32.8 Å². The van der Waals surface area contributed by atoms with Crippen LogP contribution in [0.2, 0.25) is 0 Å². The number of benzene rings is 1. The predicted molar refractivity (Wildman–Crippen MR) is 89.7 cm³/mol. The van der Waals surface area contributed by atoms with Gasteiger partial charge in [0.25, 0.3) is 0 Å². The fourth-order valence-electron chi connectivity index (χ4n) is 2.05. The molecule has 0 spiro atoms. The van der Waals surface area contributed by atoms with Gasteiger partial charge in [-0.3, -0.25) is 0 Å². The minimum Gasteiger partial charge on any atom is -0.488 e. The van der Waals surface area contributed by atoms with Crippen LogP contribution in [0.1, 0.15) is 41.5 Å². The molecule has 1 aromatic heterocycles. The van der Waals surface area contributed by atoms with Crippen molar-refractivity contribution in [3.63, 3.8) is 0 Å². The molecule has 1 aromatic carbocycles. The Hall–Kier alpha value is -1.76. The third-order valence-electron chi connectivity index (χ3n) is 3.41. The van der Waals surface area contributed by atoms with Gasteiger partial charge in [0.15, 0.2) is 0 Å². The third kappa shape index (κ3) is 4.35. The van der Waals surface area contributed by atoms with E-state index < -0.39 is 0 Å². The molecule has 0 saturated carbocycles. The largest absolute Gasteiger partial charge is 0.488 e. The van der Waals surface area contributed by atoms with Crippen molar-refractivity contribution in [2.75, 3.05) is 6.54 Å². The first-order chi connectivity index (χ1) is 10.2. The summed E-state index contributed by atoms with van der Waals surface area (Å²) in [5.41, 5.74) is 6.66. The number of nitrogens with two attached hydrogens (primary N) is 1. The number of thiophene rings is 1. The minimum absolute atomic E-state index is 0.395. The van der Waals surface area contributed by atoms with Crippen LogP contribution in [0.15, 0.2) is 36.4 Å². The smallest absolute Gasteiger partial charge is 0.123 e. The Morgan fingerprint density at radius 1 is 1.24 bits per heavy atom. The van der Waals surface area contributed by atoms with Crippen LogP contribution in [0.4, 0.5) is 0 Å². The molecule has 2 nitrogen and oxygen atoms in total. The van der Waals surface area contributed by atoms with E-state index in [-0.39, 0.29) is 0 Å². The molecular formula is C18H21NOS. The van der Waals surface area contributed by atoms with Gasteiger partial charge in [-0.1, -0.05) is 43.9 Å². The summed E-state index contributed by atoms with van der Waals surface area (Å²) < 4.78 is 6.00. The molecule has 3 heteroatoms. The van der Waals surface area contributed by atoms with Gasteiger partial charge in [-0.25, -0.2) is 0 Å². The normalized spacial score (nSPS) is 11.6. The van der Waals surface area contributed by atoms with Crippen LogP contribution in [0.3, 0.4) is 0 Å². The van der Waals surface area contributed by atoms with E-state index in [4.69, 9.17) is 10.5 Å². The van der Waals surface area contributed by atoms with Gasteiger partial charge in [0, 0.05) is 4.88 Å². The van der Waals surface area contributed by atoms with E-state index in [0.717, 1.165) is 17.0 Å². The number of ether oxygens (including phenoxy) is 1. The van der Waals surface area contributed by atoms with Gasteiger partial charge in [0.1, 0.15) is 12.4 Å². The van der Waals surface area contributed by atoms with Crippen molar-refractivity contribution in [3.05, 3.63) is 51.7 Å². The molecule has 0 bridgehead atoms. The van der Waals surface area contributed by atoms with Gasteiger partial charge in [-0.05, 0) is 36.1 Å². The molecule has 0 amide bonds. The summed E-state index contributed by atoms with van der Waals surface area (Å²) in [6, 6.07) is 12.4. The Morgan fingerprint density at radius 2 is 2.05 bits per heavy atom. The Balaban J connectivity index is 2.05. The molecule has 21 heavy (non-hydrogen) atoms. The first-order valence-electron chi connectivity index (χ1n) is 7.24. The number of para-hydroxylation sites is 1. The van der Waals surface area contributed by atoms with Crippen LogP contribution < -0.4 is 10.5 Å². The highest BCUT2D eigenvalue weighted by atomic mass is 32.1. The van der Waals surface area contributed by atoms with Crippen molar-refractivity contribution in [3.8, 4) is 17.6 Å². The Bertz CT molecular complexity index is 636. The quantitative estimate of drug-likeness (QED) is 0.842. The Morgan fingerprint density at radius 3 is 2.81 bits per heavy atom. The predicted octanol–water partition coefficient (Wildman–Crippen LogP) is 4.15. The van der Waals surface area contributed by atoms with Crippen molar-refractivity contribution in [1.29, 1.82) is 0 Å². The van der Waals surface area contributed by atoms with Gasteiger partial charge in [0.05, 0.1) is 11.4 Å². The molecule has 2 aromatic rings. The molecule has 0 aliphatic heterocycles. The summed E-state index contributed by atoms with van der Waals surface area (Å²) in [6.07, 6.45) is 1.11. The van der Waals surface area contributed by atoms with E-state index in [1.807, 2.05) is 18.2 Å². The molecule has 2 rings (SSSR count). The second-order valence-electron chi connectivity index (χ2n) is 4.91. The zero-order valence-corrected chi connectivity index (χ0v) is 13.4. The van der Waals surface area contributed by atoms with Crippen molar-refractivity contribution < 1.29 is 4.74 Å². The average molecular weight is 299 g/mol. The van der Waals surface area contributed by atoms with Gasteiger partial charge in [-0.15, -0.1) is 11.3 Å². The van der Waals surface area contributed by atoms with Crippen molar-refractivity contribution in [2.24, 2.45) is 5.73 Å². The molecule has 1 heterocycles. The Labute approximate surface area is 131 Å². The SMILES string of the molecule is CCC(C)c1ccccc1OCc1ccc(C#CCN)s1. The van der Waals surface area contributed by atoms with Crippen LogP contribution in [-0.2, 0) is 6.61 Å². The molecular weight excluding hydrogens is 278 g/mol. The summed E-state index contributed by atoms with van der Waals surface area (Å²) in [4.78, 5) is 2.21. The van der Waals surface area contributed by atoms with E-state index in [1.54, 1.807) is 11.3 Å². The summed E-state index contributed by atoms with van der Waals surface area (Å²) in [7, 11) is 0. The summed E-state index contributed by atoms with van der Waals surface area (Å²) in [6.45, 7) is 5.41. The van der Waals surface area contributed by atoms with Crippen LogP contribution in [0.25, 0.3) is 0 Å². The second kappa shape index (κ2) is 7.87. The zero-order valence-electron chi connectivity index (χ0n) is 12.6. The molecule has 0 saturated heterocycles. The van der Waals surface area contributed by atoms with Crippen LogP contribution in [-0.4, -0.2) is 6.54 Å². The summed E-state index contributed by atoms with van der Waals surface area (Å²) >= 11 is 1.66. The van der Waals surface area contributed by atoms with Gasteiger partial charge in [0.2, 0.25) is 0 Å². The number of rotatable bonds is 5. The lowest BCUT2D eigenvalue weighted by atomic mass is 9.98. The van der Waals surface area contributed by atoms with E-state index in [0.29, 0.717) is 19.1 Å². The lowest BCUT2D eigenvalue weighted by Crippen LogP contribution is -1.99. The molecule has 1 unspecified atom stereocenters. The topological polar surface area (TPSA) is 35.2 Å². The Kier molecular flexibility index (Phi) is 5.86. The lowest BCUT2D eigenvalue weighted by molar-refractivity contribution is 0.304. The zero-order chi connectivity index (χ0) is 15.1. The van der Waals surface area contributed by atoms with Crippen LogP contribution in [0, 0.1) is 11.8 Å². The highest BCUT2D eigenvalue weighted by Crippen LogP contribution is 2.29. The molecule has 2 N–H and O–H groups in total. The maximum absolute atomic E-state index is 6.00. The molecule has 1 atom stereocenters. The maximum Gasteiger partial charge on any atom is 0.123 e. The van der Waals surface area contributed by atoms with Gasteiger partial charge < -0.3 is 10.5 Å². The molecule has 0 aliphatic rings. The molecule has 0 fully saturated rings. The highest BCUT2D eigenvalue weighted by Gasteiger charge is 2.09. The standard InChI is InChI=1S/C18H21NOS/c1-3-14(2)17-8-4-5-9-18(17)20-13-16-11-10-15(21-16)7-6-12-19/h4-5,8-11,14H,3,12-13,19H2,1-2H3. The number of hydrogen-bond acceptors (Lipinski definition) is 3. The van der Waals surface area contributed by atoms with Crippen molar-refractivity contribution >= 4 is 11.3 Å². The highest BCUT2D eigenvalue weighted by molar-refractivity contribution is 7.12. The van der Waals surface area contributed by atoms with Gasteiger partial charge in [-0.2, -0.15) is 0 Å². The first-order valence-corrected chi connectivity index (χ1v) is 8.05. The molecule has 0 aliphatic carbocycles. The fourth-order valence-corrected chi connectivity index (χ4v) is 2.84. The number of hydrogen-bond donors (Lipinski definition) is 1. The fraction of sp³-hybridized carbons (Fsp3) is 0.333. The first kappa shape index (κ1) is 15.6. The molecule has 110 valence electrons.